The molecule has 146 valence electrons. The molecule has 2 aromatic rings. The van der Waals surface area contributed by atoms with Gasteiger partial charge in [-0.1, -0.05) is 6.07 Å². The van der Waals surface area contributed by atoms with Gasteiger partial charge in [0.15, 0.2) is 11.5 Å². The van der Waals surface area contributed by atoms with Gasteiger partial charge in [-0.15, -0.1) is 0 Å². The minimum absolute atomic E-state index is 0.00477. The summed E-state index contributed by atoms with van der Waals surface area (Å²) in [7, 11) is -0.383. The second kappa shape index (κ2) is 8.58. The van der Waals surface area contributed by atoms with Gasteiger partial charge in [-0.3, -0.25) is 4.98 Å². The summed E-state index contributed by atoms with van der Waals surface area (Å²) < 4.78 is 44.4. The predicted molar refractivity (Wildman–Crippen MR) is 101 cm³/mol. The molecule has 27 heavy (non-hydrogen) atoms. The van der Waals surface area contributed by atoms with Crippen LogP contribution in [0.3, 0.4) is 0 Å². The minimum Gasteiger partial charge on any atom is -0.493 e. The Balaban J connectivity index is 1.58. The Morgan fingerprint density at radius 1 is 1.00 bits per heavy atom. The first-order chi connectivity index (χ1) is 13.0. The molecular weight excluding hydrogens is 368 g/mol. The van der Waals surface area contributed by atoms with Crippen molar-refractivity contribution in [1.82, 2.24) is 9.71 Å². The van der Waals surface area contributed by atoms with Gasteiger partial charge >= 0.3 is 0 Å². The molecule has 0 atom stereocenters. The smallest absolute Gasteiger partial charge is 0.242 e. The molecule has 1 N–H and O–H groups in total. The first-order valence-corrected chi connectivity index (χ1v) is 10.3. The van der Waals surface area contributed by atoms with Crippen molar-refractivity contribution in [2.24, 2.45) is 0 Å². The molecule has 0 radical (unpaired) electrons. The summed E-state index contributed by atoms with van der Waals surface area (Å²) in [4.78, 5) is 4.06. The topological polar surface area (TPSA) is 86.8 Å². The van der Waals surface area contributed by atoms with Crippen molar-refractivity contribution in [2.45, 2.75) is 42.7 Å². The van der Waals surface area contributed by atoms with Gasteiger partial charge in [0.1, 0.15) is 4.90 Å². The monoisotopic (exact) mass is 392 g/mol. The van der Waals surface area contributed by atoms with E-state index in [1.165, 1.54) is 6.20 Å². The zero-order valence-corrected chi connectivity index (χ0v) is 16.2. The van der Waals surface area contributed by atoms with Crippen LogP contribution >= 0.6 is 0 Å². The molecule has 0 aliphatic heterocycles. The number of pyridine rings is 1. The zero-order valence-electron chi connectivity index (χ0n) is 15.4. The molecule has 0 spiro atoms. The van der Waals surface area contributed by atoms with Crippen LogP contribution in [0.25, 0.3) is 0 Å². The van der Waals surface area contributed by atoms with E-state index in [9.17, 15) is 8.42 Å². The molecule has 7 nitrogen and oxygen atoms in total. The number of aromatic nitrogens is 1. The molecule has 0 amide bonds. The van der Waals surface area contributed by atoms with E-state index in [4.69, 9.17) is 14.2 Å². The average molecular weight is 392 g/mol. The van der Waals surface area contributed by atoms with Crippen LogP contribution in [-0.2, 0) is 10.0 Å². The Bertz CT molecular complexity index is 850. The van der Waals surface area contributed by atoms with E-state index in [0.29, 0.717) is 30.1 Å². The number of nitrogens with zero attached hydrogens (tertiary/aromatic N) is 1. The fourth-order valence-electron chi connectivity index (χ4n) is 3.22. The van der Waals surface area contributed by atoms with Gasteiger partial charge < -0.3 is 14.2 Å². The van der Waals surface area contributed by atoms with Gasteiger partial charge in [-0.25, -0.2) is 13.1 Å². The fourth-order valence-corrected chi connectivity index (χ4v) is 4.49. The van der Waals surface area contributed by atoms with E-state index in [1.54, 1.807) is 32.5 Å². The number of benzene rings is 1. The summed E-state index contributed by atoms with van der Waals surface area (Å²) >= 11 is 0. The van der Waals surface area contributed by atoms with E-state index >= 15 is 0 Å². The van der Waals surface area contributed by atoms with Gasteiger partial charge in [-0.05, 0) is 49.9 Å². The Labute approximate surface area is 159 Å². The van der Waals surface area contributed by atoms with Gasteiger partial charge in [0.25, 0.3) is 0 Å². The molecule has 3 rings (SSSR count). The summed E-state index contributed by atoms with van der Waals surface area (Å²) in [6.07, 6.45) is 5.82. The molecule has 0 saturated heterocycles. The maximum absolute atomic E-state index is 12.4. The van der Waals surface area contributed by atoms with E-state index < -0.39 is 10.0 Å². The molecule has 1 heterocycles. The highest BCUT2D eigenvalue weighted by Gasteiger charge is 2.27. The summed E-state index contributed by atoms with van der Waals surface area (Å²) in [5.74, 6) is 1.82. The van der Waals surface area contributed by atoms with Crippen molar-refractivity contribution < 1.29 is 22.6 Å². The molecule has 8 heteroatoms. The van der Waals surface area contributed by atoms with Gasteiger partial charge in [0.2, 0.25) is 15.8 Å². The highest BCUT2D eigenvalue weighted by molar-refractivity contribution is 7.89. The number of hydrogen-bond donors (Lipinski definition) is 1. The number of para-hydroxylation sites is 1. The van der Waals surface area contributed by atoms with Crippen LogP contribution in [0, 0.1) is 0 Å². The fraction of sp³-hybridized carbons (Fsp3) is 0.421. The molecule has 1 saturated carbocycles. The summed E-state index contributed by atoms with van der Waals surface area (Å²) in [6.45, 7) is 0. The lowest BCUT2D eigenvalue weighted by Gasteiger charge is -2.29. The van der Waals surface area contributed by atoms with Crippen molar-refractivity contribution >= 4 is 10.0 Å². The third kappa shape index (κ3) is 4.70. The van der Waals surface area contributed by atoms with Crippen LogP contribution in [0.1, 0.15) is 25.7 Å². The molecule has 0 unspecified atom stereocenters. The van der Waals surface area contributed by atoms with Crippen LogP contribution in [0.5, 0.6) is 17.2 Å². The van der Waals surface area contributed by atoms with Gasteiger partial charge in [-0.2, -0.15) is 0 Å². The summed E-state index contributed by atoms with van der Waals surface area (Å²) in [5, 5.41) is 0. The Morgan fingerprint density at radius 2 is 1.74 bits per heavy atom. The lowest BCUT2D eigenvalue weighted by atomic mass is 9.93. The van der Waals surface area contributed by atoms with Crippen LogP contribution in [0.15, 0.2) is 47.6 Å². The number of sulfonamides is 1. The number of nitrogens with one attached hydrogen (secondary N) is 1. The first-order valence-electron chi connectivity index (χ1n) is 8.83. The first kappa shape index (κ1) is 19.4. The largest absolute Gasteiger partial charge is 0.493 e. The summed E-state index contributed by atoms with van der Waals surface area (Å²) in [6, 6.07) is 8.56. The Hall–Kier alpha value is -2.32. The van der Waals surface area contributed by atoms with E-state index in [0.717, 1.165) is 12.8 Å². The standard InChI is InChI=1S/C19H24N2O5S/c1-24-17-6-3-7-18(19(17)25-2)26-15-10-8-14(9-11-15)21-27(22,23)16-5-4-12-20-13-16/h3-7,12-15,21H,8-11H2,1-2H3. The number of hydrogen-bond acceptors (Lipinski definition) is 6. The maximum Gasteiger partial charge on any atom is 0.242 e. The molecule has 1 aromatic heterocycles. The van der Waals surface area contributed by atoms with Crippen LogP contribution in [0.2, 0.25) is 0 Å². The lowest BCUT2D eigenvalue weighted by Crippen LogP contribution is -2.39. The van der Waals surface area contributed by atoms with Crippen molar-refractivity contribution in [3.05, 3.63) is 42.7 Å². The Morgan fingerprint density at radius 3 is 2.37 bits per heavy atom. The number of rotatable bonds is 7. The van der Waals surface area contributed by atoms with Gasteiger partial charge in [0, 0.05) is 18.4 Å². The molecule has 0 bridgehead atoms. The second-order valence-electron chi connectivity index (χ2n) is 6.39. The van der Waals surface area contributed by atoms with Crippen molar-refractivity contribution in [1.29, 1.82) is 0 Å². The van der Waals surface area contributed by atoms with Crippen molar-refractivity contribution in [3.8, 4) is 17.2 Å². The summed E-state index contributed by atoms with van der Waals surface area (Å²) in [5.41, 5.74) is 0. The van der Waals surface area contributed by atoms with Gasteiger partial charge in [0.05, 0.1) is 20.3 Å². The van der Waals surface area contributed by atoms with Crippen LogP contribution < -0.4 is 18.9 Å². The third-order valence-electron chi connectivity index (χ3n) is 4.60. The normalized spacial score (nSPS) is 20.1. The van der Waals surface area contributed by atoms with Crippen LogP contribution in [0.4, 0.5) is 0 Å². The van der Waals surface area contributed by atoms with E-state index in [2.05, 4.69) is 9.71 Å². The van der Waals surface area contributed by atoms with E-state index in [1.807, 2.05) is 18.2 Å². The highest BCUT2D eigenvalue weighted by atomic mass is 32.2. The SMILES string of the molecule is COc1cccc(OC2CCC(NS(=O)(=O)c3cccnc3)CC2)c1OC. The van der Waals surface area contributed by atoms with E-state index in [-0.39, 0.29) is 17.0 Å². The quantitative estimate of drug-likeness (QED) is 0.780. The third-order valence-corrected chi connectivity index (χ3v) is 6.11. The highest BCUT2D eigenvalue weighted by Crippen LogP contribution is 2.38. The molecular formula is C19H24N2O5S. The lowest BCUT2D eigenvalue weighted by molar-refractivity contribution is 0.138. The maximum atomic E-state index is 12.4. The van der Waals surface area contributed by atoms with Crippen LogP contribution in [-0.4, -0.2) is 39.8 Å². The van der Waals surface area contributed by atoms with Crippen molar-refractivity contribution in [3.63, 3.8) is 0 Å². The predicted octanol–water partition coefficient (Wildman–Crippen LogP) is 2.77. The number of methoxy groups -OCH3 is 2. The molecule has 1 aliphatic rings. The minimum atomic E-state index is -3.55. The number of ether oxygens (including phenoxy) is 3. The average Bonchev–Trinajstić information content (AvgIpc) is 2.69. The van der Waals surface area contributed by atoms with Crippen molar-refractivity contribution in [2.75, 3.05) is 14.2 Å². The second-order valence-corrected chi connectivity index (χ2v) is 8.11. The molecule has 1 aromatic carbocycles. The Kier molecular flexibility index (Phi) is 6.18. The molecule has 1 fully saturated rings. The zero-order chi connectivity index (χ0) is 19.3. The molecule has 1 aliphatic carbocycles.